The molecule has 26 heavy (non-hydrogen) atoms. The zero-order chi connectivity index (χ0) is 19.0. The van der Waals surface area contributed by atoms with Crippen LogP contribution < -0.4 is 4.90 Å². The van der Waals surface area contributed by atoms with Crippen molar-refractivity contribution in [2.24, 2.45) is 0 Å². The molecule has 1 aromatic carbocycles. The van der Waals surface area contributed by atoms with Crippen molar-refractivity contribution in [2.45, 2.75) is 20.8 Å². The SMILES string of the molecule is CC.Cc1ccc(-c2nnc(N3C(=O)c4cc(Cl)c(Cl)cc4C3=O)o2)s1. The number of benzene rings is 1. The number of carbonyl (C=O) groups excluding carboxylic acids is 2. The molecule has 4 rings (SSSR count). The molecular formula is C17H13Cl2N3O3S. The van der Waals surface area contributed by atoms with Crippen molar-refractivity contribution in [3.8, 4) is 10.8 Å². The van der Waals surface area contributed by atoms with E-state index in [1.165, 1.54) is 23.5 Å². The number of hydrogen-bond acceptors (Lipinski definition) is 6. The summed E-state index contributed by atoms with van der Waals surface area (Å²) in [5, 5.41) is 8.11. The Morgan fingerprint density at radius 3 is 2.08 bits per heavy atom. The van der Waals surface area contributed by atoms with E-state index in [2.05, 4.69) is 10.2 Å². The van der Waals surface area contributed by atoms with Gasteiger partial charge >= 0.3 is 6.01 Å². The molecule has 0 spiro atoms. The van der Waals surface area contributed by atoms with Crippen LogP contribution >= 0.6 is 34.5 Å². The molecule has 0 saturated carbocycles. The number of aryl methyl sites for hydroxylation is 1. The van der Waals surface area contributed by atoms with E-state index in [0.717, 1.165) is 14.7 Å². The number of thiophene rings is 1. The lowest BCUT2D eigenvalue weighted by Crippen LogP contribution is -2.29. The second-order valence-corrected chi connectivity index (χ2v) is 7.16. The highest BCUT2D eigenvalue weighted by Gasteiger charge is 2.40. The zero-order valence-corrected chi connectivity index (χ0v) is 16.4. The lowest BCUT2D eigenvalue weighted by Gasteiger charge is -2.06. The largest absolute Gasteiger partial charge is 0.402 e. The number of aromatic nitrogens is 2. The molecule has 0 saturated heterocycles. The van der Waals surface area contributed by atoms with Gasteiger partial charge < -0.3 is 4.42 Å². The summed E-state index contributed by atoms with van der Waals surface area (Å²) in [7, 11) is 0. The number of imide groups is 1. The van der Waals surface area contributed by atoms with Gasteiger partial charge in [-0.2, -0.15) is 4.90 Å². The van der Waals surface area contributed by atoms with Crippen molar-refractivity contribution < 1.29 is 14.0 Å². The second-order valence-electron chi connectivity index (χ2n) is 5.06. The number of nitrogens with zero attached hydrogens (tertiary/aromatic N) is 3. The van der Waals surface area contributed by atoms with Gasteiger partial charge in [-0.05, 0) is 31.2 Å². The molecule has 2 aromatic heterocycles. The standard InChI is InChI=1S/C15H7Cl2N3O3S.C2H6/c1-6-2-3-11(24-6)12-18-19-15(23-12)20-13(21)7-4-9(16)10(17)5-8(7)14(20)22;1-2/h2-5H,1H3;1-2H3. The third-order valence-corrected chi connectivity index (χ3v) is 5.20. The molecule has 0 unspecified atom stereocenters. The molecule has 6 nitrogen and oxygen atoms in total. The summed E-state index contributed by atoms with van der Waals surface area (Å²) in [6.45, 7) is 5.95. The number of amides is 2. The fourth-order valence-corrected chi connectivity index (χ4v) is 3.48. The first-order chi connectivity index (χ1) is 12.5. The molecule has 0 bridgehead atoms. The molecule has 0 fully saturated rings. The maximum Gasteiger partial charge on any atom is 0.333 e. The van der Waals surface area contributed by atoms with Gasteiger partial charge in [0.15, 0.2) is 0 Å². The maximum atomic E-state index is 12.5. The van der Waals surface area contributed by atoms with E-state index in [9.17, 15) is 9.59 Å². The Morgan fingerprint density at radius 2 is 1.58 bits per heavy atom. The van der Waals surface area contributed by atoms with Gasteiger partial charge in [-0.25, -0.2) is 0 Å². The van der Waals surface area contributed by atoms with Crippen LogP contribution in [0.25, 0.3) is 10.8 Å². The van der Waals surface area contributed by atoms with Crippen LogP contribution in [0.15, 0.2) is 28.7 Å². The van der Waals surface area contributed by atoms with Crippen molar-refractivity contribution in [2.75, 3.05) is 4.90 Å². The number of fused-ring (bicyclic) bond motifs is 1. The van der Waals surface area contributed by atoms with Gasteiger partial charge in [-0.15, -0.1) is 16.4 Å². The van der Waals surface area contributed by atoms with Crippen LogP contribution in [0.3, 0.4) is 0 Å². The molecular weight excluding hydrogens is 397 g/mol. The molecule has 134 valence electrons. The van der Waals surface area contributed by atoms with Gasteiger partial charge in [-0.1, -0.05) is 42.1 Å². The van der Waals surface area contributed by atoms with Crippen LogP contribution in [0.1, 0.15) is 39.4 Å². The highest BCUT2D eigenvalue weighted by atomic mass is 35.5. The Balaban J connectivity index is 0.000000948. The molecule has 9 heteroatoms. The molecule has 1 aliphatic heterocycles. The normalized spacial score (nSPS) is 12.9. The van der Waals surface area contributed by atoms with Gasteiger partial charge in [-0.3, -0.25) is 9.59 Å². The summed E-state index contributed by atoms with van der Waals surface area (Å²) in [5.74, 6) is -0.909. The minimum absolute atomic E-state index is 0.154. The third-order valence-electron chi connectivity index (χ3n) is 3.48. The quantitative estimate of drug-likeness (QED) is 0.540. The van der Waals surface area contributed by atoms with Crippen molar-refractivity contribution >= 4 is 52.4 Å². The van der Waals surface area contributed by atoms with Crippen molar-refractivity contribution in [3.63, 3.8) is 0 Å². The minimum Gasteiger partial charge on any atom is -0.402 e. The van der Waals surface area contributed by atoms with Crippen LogP contribution in [0.4, 0.5) is 6.01 Å². The Labute approximate surface area is 163 Å². The van der Waals surface area contributed by atoms with Crippen molar-refractivity contribution in [1.82, 2.24) is 10.2 Å². The molecule has 1 aliphatic rings. The van der Waals surface area contributed by atoms with E-state index in [-0.39, 0.29) is 33.1 Å². The monoisotopic (exact) mass is 409 g/mol. The van der Waals surface area contributed by atoms with E-state index < -0.39 is 11.8 Å². The smallest absolute Gasteiger partial charge is 0.333 e. The number of carbonyl (C=O) groups is 2. The lowest BCUT2D eigenvalue weighted by molar-refractivity contribution is 0.0919. The fraction of sp³-hybridized carbons (Fsp3) is 0.176. The average molecular weight is 410 g/mol. The lowest BCUT2D eigenvalue weighted by atomic mass is 10.1. The summed E-state index contributed by atoms with van der Waals surface area (Å²) in [4.78, 5) is 27.7. The Hall–Kier alpha value is -2.22. The molecule has 2 amide bonds. The summed E-state index contributed by atoms with van der Waals surface area (Å²) < 4.78 is 5.51. The number of rotatable bonds is 2. The Morgan fingerprint density at radius 1 is 1.00 bits per heavy atom. The van der Waals surface area contributed by atoms with Gasteiger partial charge in [0.2, 0.25) is 0 Å². The van der Waals surface area contributed by atoms with Gasteiger partial charge in [0.25, 0.3) is 17.7 Å². The van der Waals surface area contributed by atoms with Crippen LogP contribution in [-0.2, 0) is 0 Å². The molecule has 0 N–H and O–H groups in total. The first-order valence-corrected chi connectivity index (χ1v) is 9.31. The van der Waals surface area contributed by atoms with Crippen LogP contribution in [0, 0.1) is 6.92 Å². The number of anilines is 1. The Kier molecular flexibility index (Phi) is 5.13. The van der Waals surface area contributed by atoms with Gasteiger partial charge in [0.1, 0.15) is 0 Å². The summed E-state index contributed by atoms with van der Waals surface area (Å²) >= 11 is 13.3. The number of hydrogen-bond donors (Lipinski definition) is 0. The average Bonchev–Trinajstić information content (AvgIpc) is 3.32. The first kappa shape index (κ1) is 18.6. The highest BCUT2D eigenvalue weighted by molar-refractivity contribution is 7.15. The molecule has 0 atom stereocenters. The molecule has 0 aliphatic carbocycles. The predicted octanol–water partition coefficient (Wildman–Crippen LogP) is 5.24. The predicted molar refractivity (Wildman–Crippen MR) is 101 cm³/mol. The van der Waals surface area contributed by atoms with E-state index in [4.69, 9.17) is 27.6 Å². The summed E-state index contributed by atoms with van der Waals surface area (Å²) in [6.07, 6.45) is 0. The van der Waals surface area contributed by atoms with Crippen LogP contribution in [0.5, 0.6) is 0 Å². The van der Waals surface area contributed by atoms with Gasteiger partial charge in [0.05, 0.1) is 26.0 Å². The minimum atomic E-state index is -0.578. The van der Waals surface area contributed by atoms with Crippen LogP contribution in [-0.4, -0.2) is 22.0 Å². The van der Waals surface area contributed by atoms with Gasteiger partial charge in [0, 0.05) is 4.88 Å². The topological polar surface area (TPSA) is 76.3 Å². The molecule has 3 aromatic rings. The maximum absolute atomic E-state index is 12.5. The third kappa shape index (κ3) is 3.02. The molecule has 3 heterocycles. The zero-order valence-electron chi connectivity index (χ0n) is 14.0. The highest BCUT2D eigenvalue weighted by Crippen LogP contribution is 2.35. The van der Waals surface area contributed by atoms with E-state index in [1.54, 1.807) is 0 Å². The van der Waals surface area contributed by atoms with E-state index in [1.807, 2.05) is 32.9 Å². The van der Waals surface area contributed by atoms with Crippen molar-refractivity contribution in [3.05, 3.63) is 50.3 Å². The second kappa shape index (κ2) is 7.19. The molecule has 0 radical (unpaired) electrons. The summed E-state index contributed by atoms with van der Waals surface area (Å²) in [6, 6.07) is 6.28. The van der Waals surface area contributed by atoms with Crippen LogP contribution in [0.2, 0.25) is 10.0 Å². The number of halogens is 2. The van der Waals surface area contributed by atoms with Crippen molar-refractivity contribution in [1.29, 1.82) is 0 Å². The van der Waals surface area contributed by atoms with E-state index in [0.29, 0.717) is 0 Å². The fourth-order valence-electron chi connectivity index (χ4n) is 2.36. The first-order valence-electron chi connectivity index (χ1n) is 7.74. The summed E-state index contributed by atoms with van der Waals surface area (Å²) in [5.41, 5.74) is 0.308. The van der Waals surface area contributed by atoms with E-state index >= 15 is 0 Å². The Bertz CT molecular complexity index is 972.